The van der Waals surface area contributed by atoms with Gasteiger partial charge in [-0.1, -0.05) is 46.7 Å². The van der Waals surface area contributed by atoms with Gasteiger partial charge >= 0.3 is 0 Å². The van der Waals surface area contributed by atoms with E-state index in [2.05, 4.69) is 4.99 Å². The summed E-state index contributed by atoms with van der Waals surface area (Å²) < 4.78 is 21.3. The molecule has 35 heavy (non-hydrogen) atoms. The van der Waals surface area contributed by atoms with Crippen LogP contribution in [0.3, 0.4) is 0 Å². The van der Waals surface area contributed by atoms with E-state index in [0.717, 1.165) is 0 Å². The number of hydrogen-bond acceptors (Lipinski definition) is 5. The lowest BCUT2D eigenvalue weighted by Gasteiger charge is -2.22. The molecule has 0 amide bonds. The Balaban J connectivity index is 1.68. The summed E-state index contributed by atoms with van der Waals surface area (Å²) in [6, 6.07) is 13.7. The van der Waals surface area contributed by atoms with Crippen LogP contribution in [0.5, 0.6) is 0 Å². The number of rotatable bonds is 4. The van der Waals surface area contributed by atoms with Crippen molar-refractivity contribution in [2.75, 3.05) is 0 Å². The number of furan rings is 1. The van der Waals surface area contributed by atoms with Crippen LogP contribution in [-0.2, 0) is 4.79 Å². The molecule has 1 atom stereocenters. The van der Waals surface area contributed by atoms with E-state index in [-0.39, 0.29) is 17.2 Å². The van der Waals surface area contributed by atoms with E-state index in [1.165, 1.54) is 35.0 Å². The highest BCUT2D eigenvalue weighted by Gasteiger charge is 2.33. The highest BCUT2D eigenvalue weighted by atomic mass is 35.5. The first-order valence-corrected chi connectivity index (χ1v) is 12.1. The number of nitrogens with zero attached hydrogens (tertiary/aromatic N) is 2. The number of halogens is 3. The van der Waals surface area contributed by atoms with E-state index in [1.807, 2.05) is 0 Å². The number of hydrogen-bond donors (Lipinski definition) is 0. The highest BCUT2D eigenvalue weighted by molar-refractivity contribution is 7.07. The predicted molar refractivity (Wildman–Crippen MR) is 135 cm³/mol. The molecular formula is C26H17Cl2FN2O3S. The van der Waals surface area contributed by atoms with E-state index in [1.54, 1.807) is 55.5 Å². The van der Waals surface area contributed by atoms with Gasteiger partial charge in [0.25, 0.3) is 5.56 Å². The molecule has 0 spiro atoms. The molecule has 0 bridgehead atoms. The second kappa shape index (κ2) is 9.07. The second-order valence-electron chi connectivity index (χ2n) is 8.02. The van der Waals surface area contributed by atoms with Crippen LogP contribution in [0.25, 0.3) is 17.4 Å². The maximum Gasteiger partial charge on any atom is 0.271 e. The Morgan fingerprint density at radius 3 is 2.54 bits per heavy atom. The van der Waals surface area contributed by atoms with Crippen molar-refractivity contribution < 1.29 is 13.6 Å². The van der Waals surface area contributed by atoms with Crippen molar-refractivity contribution in [3.8, 4) is 11.3 Å². The maximum absolute atomic E-state index is 13.5. The summed E-state index contributed by atoms with van der Waals surface area (Å²) in [4.78, 5) is 31.1. The third kappa shape index (κ3) is 4.31. The maximum atomic E-state index is 13.5. The van der Waals surface area contributed by atoms with Crippen molar-refractivity contribution in [3.05, 3.63) is 113 Å². The average Bonchev–Trinajstić information content (AvgIpc) is 3.41. The Kier molecular flexibility index (Phi) is 6.09. The smallest absolute Gasteiger partial charge is 0.271 e. The first kappa shape index (κ1) is 23.5. The third-order valence-corrected chi connectivity index (χ3v) is 7.39. The number of benzene rings is 2. The van der Waals surface area contributed by atoms with Gasteiger partial charge in [-0.2, -0.15) is 0 Å². The van der Waals surface area contributed by atoms with Crippen molar-refractivity contribution in [2.24, 2.45) is 4.99 Å². The molecule has 0 unspecified atom stereocenters. The minimum atomic E-state index is -0.782. The normalized spacial score (nSPS) is 15.8. The summed E-state index contributed by atoms with van der Waals surface area (Å²) in [5.74, 6) is 0.363. The molecule has 2 aromatic carbocycles. The fourth-order valence-electron chi connectivity index (χ4n) is 4.05. The minimum Gasteiger partial charge on any atom is -0.458 e. The van der Waals surface area contributed by atoms with Crippen LogP contribution >= 0.6 is 34.5 Å². The van der Waals surface area contributed by atoms with E-state index < -0.39 is 6.04 Å². The molecule has 0 saturated carbocycles. The summed E-state index contributed by atoms with van der Waals surface area (Å²) in [6.45, 7) is 3.18. The van der Waals surface area contributed by atoms with Crippen LogP contribution in [0, 0.1) is 5.82 Å². The van der Waals surface area contributed by atoms with E-state index >= 15 is 0 Å². The summed E-state index contributed by atoms with van der Waals surface area (Å²) >= 11 is 13.4. The Bertz CT molecular complexity index is 1700. The Morgan fingerprint density at radius 1 is 1.11 bits per heavy atom. The van der Waals surface area contributed by atoms with Gasteiger partial charge in [0, 0.05) is 16.8 Å². The molecule has 5 nitrogen and oxygen atoms in total. The number of ketones is 1. The SMILES string of the molecule is CC(=O)C1=C(C)N=c2s/c(=C/c3ccc(F)cc3)c(=O)n2[C@H]1c1ccc(-c2ccc(Cl)c(Cl)c2)o1. The molecule has 2 aromatic heterocycles. The number of allylic oxidation sites excluding steroid dienone is 2. The zero-order valence-corrected chi connectivity index (χ0v) is 20.8. The van der Waals surface area contributed by atoms with Crippen LogP contribution < -0.4 is 14.9 Å². The monoisotopic (exact) mass is 526 g/mol. The lowest BCUT2D eigenvalue weighted by atomic mass is 9.98. The van der Waals surface area contributed by atoms with Gasteiger partial charge in [0.15, 0.2) is 10.6 Å². The molecule has 3 heterocycles. The molecule has 0 N–H and O–H groups in total. The van der Waals surface area contributed by atoms with Crippen molar-refractivity contribution >= 4 is 46.4 Å². The number of Topliss-reactive ketones (excluding diaryl/α,β-unsaturated/α-hetero) is 1. The second-order valence-corrected chi connectivity index (χ2v) is 9.84. The van der Waals surface area contributed by atoms with Gasteiger partial charge in [-0.05, 0) is 68.0 Å². The summed E-state index contributed by atoms with van der Waals surface area (Å²) in [5.41, 5.74) is 1.96. The number of carbonyl (C=O) groups is 1. The van der Waals surface area contributed by atoms with E-state index in [4.69, 9.17) is 27.6 Å². The zero-order valence-electron chi connectivity index (χ0n) is 18.5. The van der Waals surface area contributed by atoms with Gasteiger partial charge in [-0.3, -0.25) is 14.2 Å². The minimum absolute atomic E-state index is 0.212. The number of fused-ring (bicyclic) bond motifs is 1. The number of aromatic nitrogens is 1. The fourth-order valence-corrected chi connectivity index (χ4v) is 5.40. The largest absolute Gasteiger partial charge is 0.458 e. The third-order valence-electron chi connectivity index (χ3n) is 5.67. The molecule has 0 saturated heterocycles. The molecule has 9 heteroatoms. The summed E-state index contributed by atoms with van der Waals surface area (Å²) in [6.07, 6.45) is 1.68. The number of carbonyl (C=O) groups excluding carboxylic acids is 1. The van der Waals surface area contributed by atoms with Crippen molar-refractivity contribution in [2.45, 2.75) is 19.9 Å². The van der Waals surface area contributed by atoms with Gasteiger partial charge in [-0.25, -0.2) is 9.38 Å². The topological polar surface area (TPSA) is 64.6 Å². The Morgan fingerprint density at radius 2 is 1.86 bits per heavy atom. The van der Waals surface area contributed by atoms with Crippen LogP contribution in [0.4, 0.5) is 4.39 Å². The molecule has 176 valence electrons. The molecule has 1 aliphatic rings. The molecule has 4 aromatic rings. The van der Waals surface area contributed by atoms with Crippen LogP contribution in [0.2, 0.25) is 10.0 Å². The van der Waals surface area contributed by atoms with Gasteiger partial charge in [0.2, 0.25) is 0 Å². The Hall–Kier alpha value is -3.26. The van der Waals surface area contributed by atoms with Gasteiger partial charge in [0.05, 0.1) is 14.6 Å². The first-order chi connectivity index (χ1) is 16.7. The quantitative estimate of drug-likeness (QED) is 0.351. The van der Waals surface area contributed by atoms with E-state index in [0.29, 0.717) is 53.3 Å². The van der Waals surface area contributed by atoms with E-state index in [9.17, 15) is 14.0 Å². The average molecular weight is 527 g/mol. The van der Waals surface area contributed by atoms with Crippen LogP contribution in [0.15, 0.2) is 80.1 Å². The van der Waals surface area contributed by atoms with Crippen molar-refractivity contribution in [1.82, 2.24) is 4.57 Å². The first-order valence-electron chi connectivity index (χ1n) is 10.6. The molecule has 0 fully saturated rings. The zero-order chi connectivity index (χ0) is 24.9. The lowest BCUT2D eigenvalue weighted by molar-refractivity contribution is -0.114. The molecular weight excluding hydrogens is 510 g/mol. The summed E-state index contributed by atoms with van der Waals surface area (Å²) in [7, 11) is 0. The van der Waals surface area contributed by atoms with Gasteiger partial charge in [-0.15, -0.1) is 0 Å². The summed E-state index contributed by atoms with van der Waals surface area (Å²) in [5, 5.41) is 0.809. The fraction of sp³-hybridized carbons (Fsp3) is 0.115. The molecule has 0 aliphatic carbocycles. The molecule has 1 aliphatic heterocycles. The van der Waals surface area contributed by atoms with Gasteiger partial charge < -0.3 is 4.42 Å². The van der Waals surface area contributed by atoms with Crippen molar-refractivity contribution in [3.63, 3.8) is 0 Å². The van der Waals surface area contributed by atoms with Gasteiger partial charge in [0.1, 0.15) is 23.4 Å². The molecule has 5 rings (SSSR count). The highest BCUT2D eigenvalue weighted by Crippen LogP contribution is 2.35. The number of thiazole rings is 1. The molecule has 0 radical (unpaired) electrons. The predicted octanol–water partition coefficient (Wildman–Crippen LogP) is 5.53. The Labute approximate surface area is 213 Å². The lowest BCUT2D eigenvalue weighted by Crippen LogP contribution is -2.39. The van der Waals surface area contributed by atoms with Crippen molar-refractivity contribution in [1.29, 1.82) is 0 Å². The van der Waals surface area contributed by atoms with Crippen LogP contribution in [-0.4, -0.2) is 10.4 Å². The standard InChI is InChI=1S/C26H17Cl2FN2O3S/c1-13-23(14(2)32)24(21-10-9-20(34-21)16-5-8-18(27)19(28)12-16)31-25(33)22(35-26(31)30-13)11-15-3-6-17(29)7-4-15/h3-12,24H,1-2H3/b22-11+/t24-/m0/s1. The van der Waals surface area contributed by atoms with Crippen LogP contribution in [0.1, 0.15) is 31.2 Å².